The molecule has 0 spiro atoms. The summed E-state index contributed by atoms with van der Waals surface area (Å²) in [5, 5.41) is 4.31. The van der Waals surface area contributed by atoms with E-state index in [9.17, 15) is 0 Å². The van der Waals surface area contributed by atoms with E-state index in [4.69, 9.17) is 17.2 Å². The maximum Gasteiger partial charge on any atom is 0.174 e. The predicted molar refractivity (Wildman–Crippen MR) is 153 cm³/mol. The van der Waals surface area contributed by atoms with Gasteiger partial charge in [0.05, 0.1) is 17.8 Å². The summed E-state index contributed by atoms with van der Waals surface area (Å²) in [6.45, 7) is 6.62. The van der Waals surface area contributed by atoms with Crippen LogP contribution in [-0.2, 0) is 6.42 Å². The normalized spacial score (nSPS) is 17.4. The summed E-state index contributed by atoms with van der Waals surface area (Å²) in [6, 6.07) is 25.6. The van der Waals surface area contributed by atoms with Gasteiger partial charge in [-0.25, -0.2) is 0 Å². The fourth-order valence-corrected chi connectivity index (χ4v) is 5.69. The second-order valence-corrected chi connectivity index (χ2v) is 9.94. The van der Waals surface area contributed by atoms with Crippen molar-refractivity contribution in [2.24, 2.45) is 0 Å². The van der Waals surface area contributed by atoms with Crippen LogP contribution in [0.1, 0.15) is 47.2 Å². The number of nitrogens with zero attached hydrogens (tertiary/aromatic N) is 4. The van der Waals surface area contributed by atoms with E-state index in [1.54, 1.807) is 0 Å². The van der Waals surface area contributed by atoms with Gasteiger partial charge in [-0.3, -0.25) is 4.98 Å². The quantitative estimate of drug-likeness (QED) is 0.318. The Balaban J connectivity index is 1.67. The third-order valence-corrected chi connectivity index (χ3v) is 7.46. The van der Waals surface area contributed by atoms with Gasteiger partial charge >= 0.3 is 0 Å². The largest absolute Gasteiger partial charge is 0.378 e. The van der Waals surface area contributed by atoms with Gasteiger partial charge < -0.3 is 19.7 Å². The van der Waals surface area contributed by atoms with Crippen LogP contribution in [0.2, 0.25) is 0 Å². The number of rotatable bonds is 6. The molecular formula is C30H33N5S. The van der Waals surface area contributed by atoms with Gasteiger partial charge in [0.25, 0.3) is 0 Å². The molecular weight excluding hydrogens is 462 g/mol. The van der Waals surface area contributed by atoms with Crippen LogP contribution in [0.3, 0.4) is 0 Å². The molecule has 0 aliphatic carbocycles. The SMILES string of the molecule is CCc1ccccc1-n1c(C)cc([C@H]2[C@H](c3ccccn3)NC(=S)N2c2ccc(N(C)C)cc2)c1C. The topological polar surface area (TPSA) is 36.3 Å². The lowest BCUT2D eigenvalue weighted by Gasteiger charge is -2.28. The van der Waals surface area contributed by atoms with Gasteiger partial charge in [-0.15, -0.1) is 0 Å². The van der Waals surface area contributed by atoms with Crippen LogP contribution < -0.4 is 15.1 Å². The van der Waals surface area contributed by atoms with Crippen molar-refractivity contribution in [2.75, 3.05) is 23.9 Å². The Labute approximate surface area is 219 Å². The van der Waals surface area contributed by atoms with Crippen LogP contribution in [0.15, 0.2) is 79.0 Å². The first kappa shape index (κ1) is 24.1. The minimum Gasteiger partial charge on any atom is -0.378 e. The smallest absolute Gasteiger partial charge is 0.174 e. The van der Waals surface area contributed by atoms with E-state index in [0.29, 0.717) is 5.11 Å². The fourth-order valence-electron chi connectivity index (χ4n) is 5.35. The molecule has 0 saturated carbocycles. The second-order valence-electron chi connectivity index (χ2n) is 9.55. The lowest BCUT2D eigenvalue weighted by molar-refractivity contribution is 0.565. The van der Waals surface area contributed by atoms with E-state index < -0.39 is 0 Å². The number of para-hydroxylation sites is 1. The second kappa shape index (κ2) is 9.78. The van der Waals surface area contributed by atoms with Crippen molar-refractivity contribution in [3.63, 3.8) is 0 Å². The maximum atomic E-state index is 5.95. The van der Waals surface area contributed by atoms with E-state index in [1.807, 2.05) is 18.3 Å². The van der Waals surface area contributed by atoms with Crippen LogP contribution in [0.4, 0.5) is 11.4 Å². The molecule has 0 unspecified atom stereocenters. The molecule has 6 heteroatoms. The first-order valence-corrected chi connectivity index (χ1v) is 12.9. The van der Waals surface area contributed by atoms with Gasteiger partial charge in [-0.05, 0) is 92.1 Å². The minimum atomic E-state index is -0.0670. The third kappa shape index (κ3) is 4.16. The van der Waals surface area contributed by atoms with Crippen LogP contribution in [0.25, 0.3) is 5.69 Å². The van der Waals surface area contributed by atoms with Crippen LogP contribution >= 0.6 is 12.2 Å². The number of aryl methyl sites for hydroxylation is 2. The summed E-state index contributed by atoms with van der Waals surface area (Å²) < 4.78 is 2.39. The fraction of sp³-hybridized carbons (Fsp3) is 0.267. The lowest BCUT2D eigenvalue weighted by atomic mass is 9.96. The highest BCUT2D eigenvalue weighted by molar-refractivity contribution is 7.80. The van der Waals surface area contributed by atoms with E-state index in [0.717, 1.165) is 23.5 Å². The van der Waals surface area contributed by atoms with Crippen molar-refractivity contribution in [1.82, 2.24) is 14.9 Å². The molecule has 4 aromatic rings. The highest BCUT2D eigenvalue weighted by Gasteiger charge is 2.42. The van der Waals surface area contributed by atoms with Gasteiger partial charge in [0.1, 0.15) is 0 Å². The van der Waals surface area contributed by atoms with E-state index in [-0.39, 0.29) is 12.1 Å². The number of thiocarbonyl (C=S) groups is 1. The molecule has 0 radical (unpaired) electrons. The molecule has 5 nitrogen and oxygen atoms in total. The molecule has 184 valence electrons. The number of pyridine rings is 1. The Morgan fingerprint density at radius 3 is 2.36 bits per heavy atom. The first-order valence-electron chi connectivity index (χ1n) is 12.5. The molecule has 36 heavy (non-hydrogen) atoms. The molecule has 2 aromatic heterocycles. The number of hydrogen-bond donors (Lipinski definition) is 1. The van der Waals surface area contributed by atoms with Crippen molar-refractivity contribution >= 4 is 28.7 Å². The summed E-state index contributed by atoms with van der Waals surface area (Å²) >= 11 is 5.95. The van der Waals surface area contributed by atoms with Gasteiger partial charge in [0.2, 0.25) is 0 Å². The summed E-state index contributed by atoms with van der Waals surface area (Å²) in [5.74, 6) is 0. The minimum absolute atomic E-state index is 0.0358. The number of hydrogen-bond acceptors (Lipinski definition) is 3. The monoisotopic (exact) mass is 495 g/mol. The Hall–Kier alpha value is -3.64. The van der Waals surface area contributed by atoms with Gasteiger partial charge in [0.15, 0.2) is 5.11 Å². The van der Waals surface area contributed by atoms with Crippen molar-refractivity contribution in [3.05, 3.63) is 107 Å². The molecule has 1 fully saturated rings. The zero-order valence-corrected chi connectivity index (χ0v) is 22.4. The zero-order valence-electron chi connectivity index (χ0n) is 21.6. The summed E-state index contributed by atoms with van der Waals surface area (Å²) in [5.41, 5.74) is 9.47. The van der Waals surface area contributed by atoms with E-state index >= 15 is 0 Å². The number of nitrogens with one attached hydrogen (secondary N) is 1. The molecule has 0 amide bonds. The number of benzene rings is 2. The van der Waals surface area contributed by atoms with Gasteiger partial charge in [-0.2, -0.15) is 0 Å². The highest BCUT2D eigenvalue weighted by Crippen LogP contribution is 2.44. The predicted octanol–water partition coefficient (Wildman–Crippen LogP) is 6.29. The molecule has 2 atom stereocenters. The number of aromatic nitrogens is 2. The van der Waals surface area contributed by atoms with Crippen LogP contribution in [0.5, 0.6) is 0 Å². The maximum absolute atomic E-state index is 5.95. The molecule has 1 saturated heterocycles. The summed E-state index contributed by atoms with van der Waals surface area (Å²) in [6.07, 6.45) is 2.84. The Kier molecular flexibility index (Phi) is 6.54. The third-order valence-electron chi connectivity index (χ3n) is 7.14. The Morgan fingerprint density at radius 1 is 0.972 bits per heavy atom. The van der Waals surface area contributed by atoms with Crippen LogP contribution in [-0.4, -0.2) is 28.8 Å². The average molecular weight is 496 g/mol. The molecule has 1 N–H and O–H groups in total. The Bertz CT molecular complexity index is 1370. The van der Waals surface area contributed by atoms with Gasteiger partial charge in [-0.1, -0.05) is 31.2 Å². The standard InChI is InChI=1S/C30H33N5S/c1-6-22-11-7-8-13-27(22)34-20(2)19-25(21(34)3)29-28(26-12-9-10-18-31-26)32-30(36)35(29)24-16-14-23(15-17-24)33(4)5/h7-19,28-29H,6H2,1-5H3,(H,32,36)/t28-,29-/m0/s1. The first-order chi connectivity index (χ1) is 17.4. The van der Waals surface area contributed by atoms with Crippen LogP contribution in [0, 0.1) is 13.8 Å². The van der Waals surface area contributed by atoms with Crippen molar-refractivity contribution in [2.45, 2.75) is 39.3 Å². The lowest BCUT2D eigenvalue weighted by Crippen LogP contribution is -2.29. The van der Waals surface area contributed by atoms with E-state index in [2.05, 4.69) is 115 Å². The Morgan fingerprint density at radius 2 is 1.69 bits per heavy atom. The van der Waals surface area contributed by atoms with Crippen molar-refractivity contribution < 1.29 is 0 Å². The van der Waals surface area contributed by atoms with Crippen molar-refractivity contribution in [1.29, 1.82) is 0 Å². The molecule has 1 aliphatic heterocycles. The molecule has 1 aliphatic rings. The van der Waals surface area contributed by atoms with Crippen molar-refractivity contribution in [3.8, 4) is 5.69 Å². The van der Waals surface area contributed by atoms with Gasteiger partial charge in [0, 0.05) is 48.7 Å². The average Bonchev–Trinajstić information content (AvgIpc) is 3.39. The van der Waals surface area contributed by atoms with E-state index in [1.165, 1.54) is 28.2 Å². The molecule has 0 bridgehead atoms. The molecule has 3 heterocycles. The zero-order chi connectivity index (χ0) is 25.4. The molecule has 5 rings (SSSR count). The summed E-state index contributed by atoms with van der Waals surface area (Å²) in [7, 11) is 4.11. The summed E-state index contributed by atoms with van der Waals surface area (Å²) in [4.78, 5) is 9.08. The highest BCUT2D eigenvalue weighted by atomic mass is 32.1. The number of anilines is 2. The molecule has 2 aromatic carbocycles.